The number of nitrogens with one attached hydrogen (secondary N) is 1. The van der Waals surface area contributed by atoms with Gasteiger partial charge in [-0.2, -0.15) is 0 Å². The zero-order valence-corrected chi connectivity index (χ0v) is 11.6. The molecule has 0 amide bonds. The minimum atomic E-state index is -3.75. The third-order valence-electron chi connectivity index (χ3n) is 3.02. The lowest BCUT2D eigenvalue weighted by Gasteiger charge is -2.07. The van der Waals surface area contributed by atoms with Gasteiger partial charge in [-0.05, 0) is 18.2 Å². The third kappa shape index (κ3) is 2.79. The van der Waals surface area contributed by atoms with Gasteiger partial charge in [0.05, 0.1) is 4.90 Å². The van der Waals surface area contributed by atoms with E-state index < -0.39 is 15.8 Å². The van der Waals surface area contributed by atoms with Crippen molar-refractivity contribution in [3.63, 3.8) is 0 Å². The summed E-state index contributed by atoms with van der Waals surface area (Å²) in [6.07, 6.45) is 1.24. The maximum Gasteiger partial charge on any atom is 0.241 e. The molecule has 108 valence electrons. The minimum Gasteiger partial charge on any atom is -0.443 e. The first-order valence-electron chi connectivity index (χ1n) is 6.12. The lowest BCUT2D eigenvalue weighted by molar-refractivity contribution is 0.573. The molecule has 0 unspecified atom stereocenters. The summed E-state index contributed by atoms with van der Waals surface area (Å²) in [7, 11) is -3.75. The Bertz CT molecular complexity index is 890. The maximum absolute atomic E-state index is 13.5. The van der Waals surface area contributed by atoms with Crippen molar-refractivity contribution in [2.75, 3.05) is 0 Å². The molecule has 0 aliphatic heterocycles. The highest BCUT2D eigenvalue weighted by Crippen LogP contribution is 2.18. The Hall–Kier alpha value is -2.25. The minimum absolute atomic E-state index is 0.0445. The maximum atomic E-state index is 13.5. The summed E-state index contributed by atoms with van der Waals surface area (Å²) in [5.41, 5.74) is 1.23. The Morgan fingerprint density at radius 1 is 1.19 bits per heavy atom. The van der Waals surface area contributed by atoms with E-state index in [2.05, 4.69) is 9.71 Å². The number of nitrogens with zero attached hydrogens (tertiary/aromatic N) is 1. The lowest BCUT2D eigenvalue weighted by Crippen LogP contribution is -2.23. The number of hydrogen-bond acceptors (Lipinski definition) is 4. The van der Waals surface area contributed by atoms with Gasteiger partial charge in [0, 0.05) is 18.2 Å². The molecule has 0 spiro atoms. The number of oxazole rings is 1. The predicted molar refractivity (Wildman–Crippen MR) is 74.4 cm³/mol. The molecule has 3 aromatic rings. The van der Waals surface area contributed by atoms with Crippen molar-refractivity contribution in [1.82, 2.24) is 9.71 Å². The van der Waals surface area contributed by atoms with Crippen LogP contribution in [0.15, 0.2) is 58.2 Å². The third-order valence-corrected chi connectivity index (χ3v) is 4.42. The van der Waals surface area contributed by atoms with Gasteiger partial charge in [-0.25, -0.2) is 22.5 Å². The zero-order chi connectivity index (χ0) is 14.9. The fourth-order valence-corrected chi connectivity index (χ4v) is 2.92. The van der Waals surface area contributed by atoms with E-state index in [0.29, 0.717) is 11.1 Å². The highest BCUT2D eigenvalue weighted by Gasteiger charge is 2.16. The molecule has 21 heavy (non-hydrogen) atoms. The Labute approximate surface area is 120 Å². The molecule has 0 fully saturated rings. The summed E-state index contributed by atoms with van der Waals surface area (Å²) >= 11 is 0. The van der Waals surface area contributed by atoms with Crippen LogP contribution in [0.3, 0.4) is 0 Å². The molecule has 1 aromatic heterocycles. The van der Waals surface area contributed by atoms with Gasteiger partial charge >= 0.3 is 0 Å². The number of halogens is 1. The van der Waals surface area contributed by atoms with E-state index in [1.807, 2.05) is 0 Å². The molecule has 2 aromatic carbocycles. The second kappa shape index (κ2) is 5.27. The molecule has 0 saturated heterocycles. The van der Waals surface area contributed by atoms with Crippen LogP contribution in [0.1, 0.15) is 5.56 Å². The van der Waals surface area contributed by atoms with Crippen molar-refractivity contribution in [3.05, 3.63) is 60.2 Å². The molecule has 3 rings (SSSR count). The van der Waals surface area contributed by atoms with Gasteiger partial charge in [0.1, 0.15) is 11.3 Å². The highest BCUT2D eigenvalue weighted by atomic mass is 32.2. The summed E-state index contributed by atoms with van der Waals surface area (Å²) in [6, 6.07) is 10.4. The summed E-state index contributed by atoms with van der Waals surface area (Å²) in [6.45, 7) is -0.122. The van der Waals surface area contributed by atoms with E-state index in [1.54, 1.807) is 18.2 Å². The quantitative estimate of drug-likeness (QED) is 0.803. The first-order chi connectivity index (χ1) is 10.1. The second-order valence-corrected chi connectivity index (χ2v) is 6.16. The van der Waals surface area contributed by atoms with Gasteiger partial charge in [-0.15, -0.1) is 0 Å². The van der Waals surface area contributed by atoms with Gasteiger partial charge in [0.25, 0.3) is 0 Å². The number of fused-ring (bicyclic) bond motifs is 1. The van der Waals surface area contributed by atoms with Crippen molar-refractivity contribution < 1.29 is 17.2 Å². The van der Waals surface area contributed by atoms with Crippen LogP contribution >= 0.6 is 0 Å². The fraction of sp³-hybridized carbons (Fsp3) is 0.0714. The smallest absolute Gasteiger partial charge is 0.241 e. The van der Waals surface area contributed by atoms with Crippen LogP contribution in [0, 0.1) is 5.82 Å². The van der Waals surface area contributed by atoms with Gasteiger partial charge in [-0.1, -0.05) is 18.2 Å². The van der Waals surface area contributed by atoms with Crippen LogP contribution in [0.25, 0.3) is 11.1 Å². The van der Waals surface area contributed by atoms with Crippen molar-refractivity contribution in [1.29, 1.82) is 0 Å². The van der Waals surface area contributed by atoms with Crippen LogP contribution in [0.4, 0.5) is 4.39 Å². The Morgan fingerprint density at radius 2 is 2.00 bits per heavy atom. The molecule has 0 radical (unpaired) electrons. The monoisotopic (exact) mass is 306 g/mol. The summed E-state index contributed by atoms with van der Waals surface area (Å²) in [5.74, 6) is -0.453. The fourth-order valence-electron chi connectivity index (χ4n) is 1.90. The van der Waals surface area contributed by atoms with Gasteiger partial charge < -0.3 is 4.42 Å². The molecule has 1 heterocycles. The molecule has 7 heteroatoms. The van der Waals surface area contributed by atoms with Crippen LogP contribution in [-0.2, 0) is 16.6 Å². The molecule has 0 bridgehead atoms. The second-order valence-electron chi connectivity index (χ2n) is 4.40. The lowest BCUT2D eigenvalue weighted by atomic mass is 10.2. The zero-order valence-electron chi connectivity index (χ0n) is 10.8. The number of aromatic nitrogens is 1. The van der Waals surface area contributed by atoms with E-state index in [-0.39, 0.29) is 17.0 Å². The van der Waals surface area contributed by atoms with Gasteiger partial charge in [0.15, 0.2) is 12.0 Å². The van der Waals surface area contributed by atoms with Crippen LogP contribution in [0.5, 0.6) is 0 Å². The van der Waals surface area contributed by atoms with Crippen LogP contribution in [0.2, 0.25) is 0 Å². The topological polar surface area (TPSA) is 72.2 Å². The molecule has 0 aliphatic carbocycles. The van der Waals surface area contributed by atoms with Crippen LogP contribution in [-0.4, -0.2) is 13.4 Å². The first-order valence-corrected chi connectivity index (χ1v) is 7.61. The normalized spacial score (nSPS) is 11.9. The van der Waals surface area contributed by atoms with E-state index in [9.17, 15) is 12.8 Å². The van der Waals surface area contributed by atoms with E-state index >= 15 is 0 Å². The van der Waals surface area contributed by atoms with E-state index in [1.165, 1.54) is 30.7 Å². The van der Waals surface area contributed by atoms with E-state index in [4.69, 9.17) is 4.42 Å². The van der Waals surface area contributed by atoms with E-state index in [0.717, 1.165) is 0 Å². The Kier molecular flexibility index (Phi) is 3.44. The summed E-state index contributed by atoms with van der Waals surface area (Å²) < 4.78 is 45.3. The van der Waals surface area contributed by atoms with Crippen molar-refractivity contribution >= 4 is 21.1 Å². The van der Waals surface area contributed by atoms with Crippen LogP contribution < -0.4 is 4.72 Å². The first kappa shape index (κ1) is 13.7. The molecule has 0 aliphatic rings. The Balaban J connectivity index is 1.85. The predicted octanol–water partition coefficient (Wildman–Crippen LogP) is 2.45. The Morgan fingerprint density at radius 3 is 2.81 bits per heavy atom. The molecule has 5 nitrogen and oxygen atoms in total. The highest BCUT2D eigenvalue weighted by molar-refractivity contribution is 7.89. The average molecular weight is 306 g/mol. The molecular weight excluding hydrogens is 295 g/mol. The molecule has 0 atom stereocenters. The van der Waals surface area contributed by atoms with Crippen molar-refractivity contribution in [2.24, 2.45) is 0 Å². The van der Waals surface area contributed by atoms with Crippen molar-refractivity contribution in [2.45, 2.75) is 11.4 Å². The summed E-state index contributed by atoms with van der Waals surface area (Å²) in [5, 5.41) is 0. The van der Waals surface area contributed by atoms with Gasteiger partial charge in [0.2, 0.25) is 10.0 Å². The SMILES string of the molecule is O=S(=O)(NCc1ccccc1F)c1ccc2ncoc2c1. The number of hydrogen-bond donors (Lipinski definition) is 1. The largest absolute Gasteiger partial charge is 0.443 e. The number of rotatable bonds is 4. The summed E-state index contributed by atoms with van der Waals surface area (Å²) in [4.78, 5) is 3.96. The van der Waals surface area contributed by atoms with Crippen molar-refractivity contribution in [3.8, 4) is 0 Å². The number of sulfonamides is 1. The molecular formula is C14H11FN2O3S. The van der Waals surface area contributed by atoms with Gasteiger partial charge in [-0.3, -0.25) is 0 Å². The molecule has 0 saturated carbocycles. The standard InChI is InChI=1S/C14H11FN2O3S/c15-12-4-2-1-3-10(12)8-17-21(18,19)11-5-6-13-14(7-11)20-9-16-13/h1-7,9,17H,8H2. The average Bonchev–Trinajstić information content (AvgIpc) is 2.94. The number of benzene rings is 2. The molecule has 1 N–H and O–H groups in total.